The van der Waals surface area contributed by atoms with Crippen LogP contribution in [-0.2, 0) is 11.2 Å². The van der Waals surface area contributed by atoms with Crippen molar-refractivity contribution in [1.82, 2.24) is 15.6 Å². The second kappa shape index (κ2) is 6.20. The maximum absolute atomic E-state index is 12.9. The summed E-state index contributed by atoms with van der Waals surface area (Å²) in [4.78, 5) is 17.3. The van der Waals surface area contributed by atoms with Crippen LogP contribution in [0.15, 0.2) is 22.6 Å². The first-order chi connectivity index (χ1) is 11.7. The highest BCUT2D eigenvalue weighted by Crippen LogP contribution is 2.42. The fourth-order valence-corrected chi connectivity index (χ4v) is 4.50. The first-order valence-corrected chi connectivity index (χ1v) is 9.06. The van der Waals surface area contributed by atoms with Crippen molar-refractivity contribution >= 4 is 17.0 Å². The maximum atomic E-state index is 12.9. The van der Waals surface area contributed by atoms with Crippen LogP contribution >= 0.6 is 0 Å². The Hall–Kier alpha value is -1.88. The van der Waals surface area contributed by atoms with Crippen LogP contribution in [0.5, 0.6) is 0 Å². The van der Waals surface area contributed by atoms with Gasteiger partial charge in [-0.15, -0.1) is 0 Å². The number of amides is 1. The fourth-order valence-electron chi connectivity index (χ4n) is 4.50. The minimum absolute atomic E-state index is 0.172. The van der Waals surface area contributed by atoms with E-state index in [1.54, 1.807) is 0 Å². The lowest BCUT2D eigenvalue weighted by molar-refractivity contribution is -0.133. The first kappa shape index (κ1) is 15.6. The summed E-state index contributed by atoms with van der Waals surface area (Å²) in [5.74, 6) is 0.920. The van der Waals surface area contributed by atoms with Crippen molar-refractivity contribution < 1.29 is 9.21 Å². The third-order valence-corrected chi connectivity index (χ3v) is 5.74. The van der Waals surface area contributed by atoms with E-state index in [0.29, 0.717) is 18.5 Å². The summed E-state index contributed by atoms with van der Waals surface area (Å²) in [6.07, 6.45) is 6.31. The van der Waals surface area contributed by atoms with Crippen LogP contribution in [0.1, 0.15) is 43.6 Å². The van der Waals surface area contributed by atoms with Crippen molar-refractivity contribution in [3.05, 3.63) is 29.7 Å². The molecule has 5 nitrogen and oxygen atoms in total. The molecule has 0 spiro atoms. The number of hydrogen-bond acceptors (Lipinski definition) is 4. The maximum Gasteiger partial charge on any atom is 0.227 e. The van der Waals surface area contributed by atoms with Gasteiger partial charge in [0.1, 0.15) is 5.52 Å². The van der Waals surface area contributed by atoms with E-state index in [1.807, 2.05) is 19.1 Å². The van der Waals surface area contributed by atoms with Crippen molar-refractivity contribution in [1.29, 1.82) is 0 Å². The van der Waals surface area contributed by atoms with Gasteiger partial charge < -0.3 is 15.1 Å². The van der Waals surface area contributed by atoms with Crippen LogP contribution in [-0.4, -0.2) is 30.0 Å². The normalized spacial score (nSPS) is 26.5. The Kier molecular flexibility index (Phi) is 4.04. The molecule has 4 rings (SSSR count). The zero-order valence-electron chi connectivity index (χ0n) is 14.2. The molecule has 2 aliphatic rings. The highest BCUT2D eigenvalue weighted by Gasteiger charge is 2.49. The topological polar surface area (TPSA) is 67.2 Å². The second-order valence-electron chi connectivity index (χ2n) is 7.16. The largest absolute Gasteiger partial charge is 0.441 e. The van der Waals surface area contributed by atoms with Crippen molar-refractivity contribution in [3.63, 3.8) is 0 Å². The Bertz CT molecular complexity index is 754. The molecule has 24 heavy (non-hydrogen) atoms. The van der Waals surface area contributed by atoms with Gasteiger partial charge in [0.2, 0.25) is 5.91 Å². The van der Waals surface area contributed by atoms with Crippen molar-refractivity contribution in [2.45, 2.75) is 51.5 Å². The number of nitrogens with one attached hydrogen (secondary N) is 2. The highest BCUT2D eigenvalue weighted by molar-refractivity contribution is 5.84. The molecule has 1 aromatic carbocycles. The van der Waals surface area contributed by atoms with Gasteiger partial charge >= 0.3 is 0 Å². The third-order valence-electron chi connectivity index (χ3n) is 5.74. The average molecular weight is 327 g/mol. The SMILES string of the molecule is Cc1nc2c(CCNC(=O)[C@@]34CCCC[C@@H]3NCC4)cccc2o1. The van der Waals surface area contributed by atoms with E-state index in [9.17, 15) is 4.79 Å². The summed E-state index contributed by atoms with van der Waals surface area (Å²) < 4.78 is 5.58. The van der Waals surface area contributed by atoms with Crippen LogP contribution in [0.25, 0.3) is 11.1 Å². The molecule has 1 saturated carbocycles. The van der Waals surface area contributed by atoms with Gasteiger partial charge in [-0.1, -0.05) is 25.0 Å². The lowest BCUT2D eigenvalue weighted by Crippen LogP contribution is -2.50. The first-order valence-electron chi connectivity index (χ1n) is 9.06. The summed E-state index contributed by atoms with van der Waals surface area (Å²) in [6, 6.07) is 6.36. The third kappa shape index (κ3) is 2.61. The van der Waals surface area contributed by atoms with Crippen LogP contribution < -0.4 is 10.6 Å². The van der Waals surface area contributed by atoms with Crippen LogP contribution in [0.4, 0.5) is 0 Å². The van der Waals surface area contributed by atoms with Gasteiger partial charge in [-0.25, -0.2) is 4.98 Å². The Morgan fingerprint density at radius 3 is 3.25 bits per heavy atom. The Balaban J connectivity index is 1.42. The van der Waals surface area contributed by atoms with E-state index in [2.05, 4.69) is 21.7 Å². The molecule has 1 amide bonds. The number of para-hydroxylation sites is 1. The van der Waals surface area contributed by atoms with Crippen molar-refractivity contribution in [3.8, 4) is 0 Å². The Labute approximate surface area is 142 Å². The molecule has 2 atom stereocenters. The highest BCUT2D eigenvalue weighted by atomic mass is 16.3. The van der Waals surface area contributed by atoms with E-state index >= 15 is 0 Å². The molecule has 128 valence electrons. The molecule has 2 heterocycles. The smallest absolute Gasteiger partial charge is 0.227 e. The van der Waals surface area contributed by atoms with Crippen molar-refractivity contribution in [2.75, 3.05) is 13.1 Å². The Morgan fingerprint density at radius 1 is 1.42 bits per heavy atom. The standard InChI is InChI=1S/C19H25N3O2/c1-13-22-17-14(5-4-6-15(17)24-13)8-11-21-18(23)19-9-3-2-7-16(19)20-12-10-19/h4-6,16,20H,2-3,7-12H2,1H3,(H,21,23)/t16-,19+/m0/s1. The number of aromatic nitrogens is 1. The van der Waals surface area contributed by atoms with Gasteiger partial charge in [-0.3, -0.25) is 4.79 Å². The quantitative estimate of drug-likeness (QED) is 0.906. The molecule has 2 aromatic rings. The second-order valence-corrected chi connectivity index (χ2v) is 7.16. The molecule has 0 radical (unpaired) electrons. The van der Waals surface area contributed by atoms with Gasteiger partial charge in [0.25, 0.3) is 0 Å². The summed E-state index contributed by atoms with van der Waals surface area (Å²) in [5.41, 5.74) is 2.70. The predicted molar refractivity (Wildman–Crippen MR) is 92.8 cm³/mol. The lowest BCUT2D eigenvalue weighted by atomic mass is 9.70. The van der Waals surface area contributed by atoms with Gasteiger partial charge in [0.15, 0.2) is 11.5 Å². The number of rotatable bonds is 4. The summed E-state index contributed by atoms with van der Waals surface area (Å²) >= 11 is 0. The van der Waals surface area contributed by atoms with E-state index in [-0.39, 0.29) is 11.3 Å². The van der Waals surface area contributed by atoms with E-state index in [0.717, 1.165) is 48.9 Å². The number of fused-ring (bicyclic) bond motifs is 2. The van der Waals surface area contributed by atoms with E-state index in [1.165, 1.54) is 12.8 Å². The van der Waals surface area contributed by atoms with Gasteiger partial charge in [0, 0.05) is 19.5 Å². The molecule has 1 saturated heterocycles. The number of benzene rings is 1. The summed E-state index contributed by atoms with van der Waals surface area (Å²) in [6.45, 7) is 3.48. The fraction of sp³-hybridized carbons (Fsp3) is 0.579. The summed E-state index contributed by atoms with van der Waals surface area (Å²) in [7, 11) is 0. The van der Waals surface area contributed by atoms with Crippen molar-refractivity contribution in [2.24, 2.45) is 5.41 Å². The monoisotopic (exact) mass is 327 g/mol. The zero-order valence-corrected chi connectivity index (χ0v) is 14.2. The predicted octanol–water partition coefficient (Wildman–Crippen LogP) is 2.72. The van der Waals surface area contributed by atoms with E-state index in [4.69, 9.17) is 4.42 Å². The van der Waals surface area contributed by atoms with Gasteiger partial charge in [-0.05, 0) is 43.9 Å². The Morgan fingerprint density at radius 2 is 2.33 bits per heavy atom. The number of carbonyl (C=O) groups is 1. The van der Waals surface area contributed by atoms with E-state index < -0.39 is 0 Å². The molecular weight excluding hydrogens is 302 g/mol. The molecule has 1 aliphatic heterocycles. The molecule has 1 aromatic heterocycles. The number of oxazole rings is 1. The number of nitrogens with zero attached hydrogens (tertiary/aromatic N) is 1. The molecule has 5 heteroatoms. The zero-order chi connectivity index (χ0) is 16.6. The molecule has 0 bridgehead atoms. The number of aryl methyl sites for hydroxylation is 1. The number of carbonyl (C=O) groups excluding carboxylic acids is 1. The molecule has 1 aliphatic carbocycles. The molecular formula is C19H25N3O2. The lowest BCUT2D eigenvalue weighted by Gasteiger charge is -2.37. The molecule has 0 unspecified atom stereocenters. The van der Waals surface area contributed by atoms with Gasteiger partial charge in [0.05, 0.1) is 5.41 Å². The minimum atomic E-state index is -0.172. The summed E-state index contributed by atoms with van der Waals surface area (Å²) in [5, 5.41) is 6.73. The minimum Gasteiger partial charge on any atom is -0.441 e. The molecule has 2 fully saturated rings. The van der Waals surface area contributed by atoms with Gasteiger partial charge in [-0.2, -0.15) is 0 Å². The number of hydrogen-bond donors (Lipinski definition) is 2. The average Bonchev–Trinajstić information content (AvgIpc) is 3.18. The van der Waals surface area contributed by atoms with Crippen LogP contribution in [0.2, 0.25) is 0 Å². The van der Waals surface area contributed by atoms with Crippen LogP contribution in [0, 0.1) is 12.3 Å². The van der Waals surface area contributed by atoms with Crippen LogP contribution in [0.3, 0.4) is 0 Å². The molecule has 2 N–H and O–H groups in total.